The van der Waals surface area contributed by atoms with Gasteiger partial charge in [0.25, 0.3) is 0 Å². The highest BCUT2D eigenvalue weighted by molar-refractivity contribution is 6.39. The molecule has 2 aromatic carbocycles. The highest BCUT2D eigenvalue weighted by Crippen LogP contribution is 2.36. The zero-order chi connectivity index (χ0) is 30.4. The first-order valence-electron chi connectivity index (χ1n) is 13.0. The lowest BCUT2D eigenvalue weighted by Crippen LogP contribution is -2.34. The van der Waals surface area contributed by atoms with Gasteiger partial charge in [-0.3, -0.25) is 14.4 Å². The van der Waals surface area contributed by atoms with Crippen molar-refractivity contribution in [2.24, 2.45) is 0 Å². The molecule has 0 aliphatic carbocycles. The largest absolute Gasteiger partial charge is 0.465 e. The van der Waals surface area contributed by atoms with Gasteiger partial charge in [0.05, 0.1) is 31.5 Å². The van der Waals surface area contributed by atoms with E-state index in [1.807, 2.05) is 31.2 Å². The maximum atomic E-state index is 13.3. The van der Waals surface area contributed by atoms with Crippen LogP contribution in [0.4, 0.5) is 11.4 Å². The van der Waals surface area contributed by atoms with Crippen LogP contribution >= 0.6 is 0 Å². The Kier molecular flexibility index (Phi) is 9.01. The van der Waals surface area contributed by atoms with Crippen molar-refractivity contribution in [2.45, 2.75) is 27.3 Å². The lowest BCUT2D eigenvalue weighted by atomic mass is 10.1. The fraction of sp³-hybridized carbons (Fsp3) is 0.194. The van der Waals surface area contributed by atoms with Crippen molar-refractivity contribution in [3.63, 3.8) is 0 Å². The van der Waals surface area contributed by atoms with Gasteiger partial charge in [-0.1, -0.05) is 17.7 Å². The van der Waals surface area contributed by atoms with E-state index in [0.717, 1.165) is 5.56 Å². The average Bonchev–Trinajstić information content (AvgIpc) is 3.53. The molecule has 3 aromatic rings. The minimum atomic E-state index is -0.907. The molecule has 11 heteroatoms. The smallest absolute Gasteiger partial charge is 0.343 e. The van der Waals surface area contributed by atoms with Crippen molar-refractivity contribution >= 4 is 47.0 Å². The topological polar surface area (TPSA) is 144 Å². The van der Waals surface area contributed by atoms with Crippen molar-refractivity contribution in [3.05, 3.63) is 100 Å². The lowest BCUT2D eigenvalue weighted by molar-refractivity contribution is -0.137. The number of benzene rings is 2. The number of anilines is 2. The summed E-state index contributed by atoms with van der Waals surface area (Å²) in [7, 11) is 1.21. The summed E-state index contributed by atoms with van der Waals surface area (Å²) < 4.78 is 15.5. The van der Waals surface area contributed by atoms with Gasteiger partial charge in [0.15, 0.2) is 0 Å². The van der Waals surface area contributed by atoms with Crippen LogP contribution in [0.15, 0.2) is 82.0 Å². The number of hydrogen-bond donors (Lipinski definition) is 2. The lowest BCUT2D eigenvalue weighted by Gasteiger charge is -2.21. The van der Waals surface area contributed by atoms with Crippen molar-refractivity contribution in [1.29, 1.82) is 0 Å². The third-order valence-electron chi connectivity index (χ3n) is 6.32. The van der Waals surface area contributed by atoms with E-state index in [-0.39, 0.29) is 24.4 Å². The Bertz CT molecular complexity index is 1600. The number of carbonyl (C=O) groups is 5. The van der Waals surface area contributed by atoms with E-state index in [0.29, 0.717) is 34.2 Å². The van der Waals surface area contributed by atoms with Crippen LogP contribution in [0.2, 0.25) is 0 Å². The molecule has 11 nitrogen and oxygen atoms in total. The molecule has 1 aromatic heterocycles. The number of nitrogens with zero attached hydrogens (tertiary/aromatic N) is 1. The molecule has 4 rings (SSSR count). The normalized spacial score (nSPS) is 13.8. The Hall–Kier alpha value is -5.45. The number of allylic oxidation sites excluding steroid dienone is 2. The van der Waals surface area contributed by atoms with Gasteiger partial charge < -0.3 is 29.4 Å². The number of amides is 2. The number of furan rings is 1. The van der Waals surface area contributed by atoms with Crippen LogP contribution < -0.4 is 15.5 Å². The number of aryl methyl sites for hydroxylation is 1. The van der Waals surface area contributed by atoms with Crippen LogP contribution in [0, 0.1) is 6.92 Å². The number of hydrogen-bond acceptors (Lipinski definition) is 9. The van der Waals surface area contributed by atoms with Crippen molar-refractivity contribution in [2.75, 3.05) is 23.9 Å². The molecule has 0 radical (unpaired) electrons. The van der Waals surface area contributed by atoms with Gasteiger partial charge >= 0.3 is 23.8 Å². The van der Waals surface area contributed by atoms with E-state index in [2.05, 4.69) is 10.6 Å². The summed E-state index contributed by atoms with van der Waals surface area (Å²) in [5, 5.41) is 4.92. The number of carbonyl (C=O) groups excluding carboxylic acids is 5. The summed E-state index contributed by atoms with van der Waals surface area (Å²) in [6, 6.07) is 16.6. The minimum Gasteiger partial charge on any atom is -0.465 e. The summed E-state index contributed by atoms with van der Waals surface area (Å²) in [5.41, 5.74) is 2.88. The maximum Gasteiger partial charge on any atom is 0.343 e. The molecule has 2 N–H and O–H groups in total. The zero-order valence-corrected chi connectivity index (χ0v) is 23.5. The van der Waals surface area contributed by atoms with Crippen LogP contribution in [0.3, 0.4) is 0 Å². The van der Waals surface area contributed by atoms with Gasteiger partial charge in [-0.05, 0) is 69.3 Å². The van der Waals surface area contributed by atoms with E-state index < -0.39 is 29.5 Å². The number of methoxy groups -OCH3 is 1. The van der Waals surface area contributed by atoms with Crippen LogP contribution in [0.1, 0.15) is 41.3 Å². The van der Waals surface area contributed by atoms with Crippen molar-refractivity contribution < 1.29 is 37.9 Å². The Balaban J connectivity index is 1.43. The third-order valence-corrected chi connectivity index (χ3v) is 6.32. The molecule has 0 atom stereocenters. The van der Waals surface area contributed by atoms with Gasteiger partial charge in [0, 0.05) is 23.1 Å². The number of ketones is 1. The number of Topliss-reactive ketones (excluding diaryl/α,β-unsaturated/α-hetero) is 1. The Labute approximate surface area is 241 Å². The SMILES string of the molecule is CCOC(=O)c1ccc(NC(=O)C(=O)NCc2ccc(/C=C3\C(=O)C(C(=O)OC)=C(C)N3c3ccc(C)cc3)o2)cc1. The molecule has 0 saturated heterocycles. The average molecular weight is 572 g/mol. The predicted octanol–water partition coefficient (Wildman–Crippen LogP) is 3.90. The Morgan fingerprint density at radius 1 is 0.905 bits per heavy atom. The molecule has 0 saturated carbocycles. The molecule has 0 unspecified atom stereocenters. The molecular formula is C31H29N3O8. The fourth-order valence-corrected chi connectivity index (χ4v) is 4.23. The van der Waals surface area contributed by atoms with Gasteiger partial charge in [-0.25, -0.2) is 9.59 Å². The third kappa shape index (κ3) is 6.47. The van der Waals surface area contributed by atoms with Gasteiger partial charge in [0.2, 0.25) is 5.78 Å². The molecule has 0 bridgehead atoms. The van der Waals surface area contributed by atoms with E-state index in [9.17, 15) is 24.0 Å². The van der Waals surface area contributed by atoms with Gasteiger partial charge in [0.1, 0.15) is 17.1 Å². The van der Waals surface area contributed by atoms with E-state index >= 15 is 0 Å². The van der Waals surface area contributed by atoms with Gasteiger partial charge in [-0.2, -0.15) is 0 Å². The molecule has 1 aliphatic rings. The molecule has 2 heterocycles. The van der Waals surface area contributed by atoms with E-state index in [1.54, 1.807) is 30.9 Å². The standard InChI is InChI=1S/C31H29N3O8/c1-5-41-30(38)20-8-10-21(11-9-20)33-29(37)28(36)32-17-24-15-14-23(42-24)16-25-27(35)26(31(39)40-4)19(3)34(25)22-12-6-18(2)7-13-22/h6-16H,5,17H2,1-4H3,(H,32,36)(H,33,37)/b25-16+. The first-order valence-corrected chi connectivity index (χ1v) is 13.0. The van der Waals surface area contributed by atoms with Crippen molar-refractivity contribution in [3.8, 4) is 0 Å². The van der Waals surface area contributed by atoms with Crippen LogP contribution in [0.5, 0.6) is 0 Å². The van der Waals surface area contributed by atoms with E-state index in [1.165, 1.54) is 37.5 Å². The highest BCUT2D eigenvalue weighted by Gasteiger charge is 2.38. The zero-order valence-electron chi connectivity index (χ0n) is 23.5. The monoisotopic (exact) mass is 571 g/mol. The molecule has 42 heavy (non-hydrogen) atoms. The first kappa shape index (κ1) is 29.5. The summed E-state index contributed by atoms with van der Waals surface area (Å²) in [6.45, 7) is 5.44. The fourth-order valence-electron chi connectivity index (χ4n) is 4.23. The maximum absolute atomic E-state index is 13.3. The second kappa shape index (κ2) is 12.8. The number of nitrogens with one attached hydrogen (secondary N) is 2. The number of ether oxygens (including phenoxy) is 2. The molecule has 216 valence electrons. The Morgan fingerprint density at radius 3 is 2.24 bits per heavy atom. The minimum absolute atomic E-state index is 0.0788. The summed E-state index contributed by atoms with van der Waals surface area (Å²) in [6.07, 6.45) is 1.50. The molecule has 0 fully saturated rings. The second-order valence-corrected chi connectivity index (χ2v) is 9.22. The quantitative estimate of drug-likeness (QED) is 0.178. The second-order valence-electron chi connectivity index (χ2n) is 9.22. The summed E-state index contributed by atoms with van der Waals surface area (Å²) >= 11 is 0. The molecule has 2 amide bonds. The number of rotatable bonds is 8. The van der Waals surface area contributed by atoms with Crippen molar-refractivity contribution in [1.82, 2.24) is 5.32 Å². The predicted molar refractivity (Wildman–Crippen MR) is 153 cm³/mol. The summed E-state index contributed by atoms with van der Waals surface area (Å²) in [4.78, 5) is 63.7. The van der Waals surface area contributed by atoms with Crippen LogP contribution in [0.25, 0.3) is 6.08 Å². The molecule has 0 spiro atoms. The highest BCUT2D eigenvalue weighted by atomic mass is 16.5. The summed E-state index contributed by atoms with van der Waals surface area (Å²) in [5.74, 6) is -2.93. The molecule has 1 aliphatic heterocycles. The van der Waals surface area contributed by atoms with Crippen LogP contribution in [-0.2, 0) is 35.2 Å². The molecular weight excluding hydrogens is 542 g/mol. The van der Waals surface area contributed by atoms with Crippen LogP contribution in [-0.4, -0.2) is 43.3 Å². The first-order chi connectivity index (χ1) is 20.1. The van der Waals surface area contributed by atoms with E-state index in [4.69, 9.17) is 13.9 Å². The Morgan fingerprint density at radius 2 is 1.60 bits per heavy atom. The van der Waals surface area contributed by atoms with Gasteiger partial charge in [-0.15, -0.1) is 0 Å². The number of esters is 2.